The van der Waals surface area contributed by atoms with Gasteiger partial charge in [-0.15, -0.1) is 0 Å². The largest absolute Gasteiger partial charge is 0.340 e. The van der Waals surface area contributed by atoms with Crippen molar-refractivity contribution in [1.29, 1.82) is 0 Å². The SMILES string of the molecule is Cc1ccc(C)c(C(NC(=O)c2cc(=O)n(C)c(=O)n2C)c2cccnc2)c1. The summed E-state index contributed by atoms with van der Waals surface area (Å²) >= 11 is 0. The highest BCUT2D eigenvalue weighted by molar-refractivity contribution is 5.93. The van der Waals surface area contributed by atoms with E-state index in [0.29, 0.717) is 0 Å². The normalized spacial score (nSPS) is 11.9. The summed E-state index contributed by atoms with van der Waals surface area (Å²) in [5, 5.41) is 2.96. The van der Waals surface area contributed by atoms with E-state index in [0.717, 1.165) is 26.8 Å². The van der Waals surface area contributed by atoms with Gasteiger partial charge in [-0.3, -0.25) is 23.7 Å². The minimum Gasteiger partial charge on any atom is -0.340 e. The van der Waals surface area contributed by atoms with Crippen LogP contribution in [0.5, 0.6) is 0 Å². The van der Waals surface area contributed by atoms with Gasteiger partial charge in [-0.25, -0.2) is 4.79 Å². The molecule has 7 nitrogen and oxygen atoms in total. The van der Waals surface area contributed by atoms with Gasteiger partial charge in [-0.05, 0) is 36.6 Å². The van der Waals surface area contributed by atoms with Crippen molar-refractivity contribution in [2.45, 2.75) is 19.9 Å². The maximum atomic E-state index is 13.0. The first-order valence-electron chi connectivity index (χ1n) is 8.84. The molecule has 0 bridgehead atoms. The second-order valence-electron chi connectivity index (χ2n) is 6.82. The van der Waals surface area contributed by atoms with E-state index >= 15 is 0 Å². The van der Waals surface area contributed by atoms with Crippen LogP contribution in [0.2, 0.25) is 0 Å². The fourth-order valence-electron chi connectivity index (χ4n) is 3.11. The molecule has 0 spiro atoms. The number of carbonyl (C=O) groups is 1. The Hall–Kier alpha value is -3.48. The molecule has 0 aliphatic heterocycles. The lowest BCUT2D eigenvalue weighted by atomic mass is 9.94. The van der Waals surface area contributed by atoms with E-state index in [1.807, 2.05) is 38.1 Å². The Bertz CT molecular complexity index is 1150. The third kappa shape index (κ3) is 3.64. The number of rotatable bonds is 4. The van der Waals surface area contributed by atoms with Crippen LogP contribution in [0.15, 0.2) is 58.4 Å². The Morgan fingerprint density at radius 1 is 1.07 bits per heavy atom. The Morgan fingerprint density at radius 2 is 1.82 bits per heavy atom. The number of carbonyl (C=O) groups excluding carboxylic acids is 1. The third-order valence-corrected chi connectivity index (χ3v) is 4.80. The van der Waals surface area contributed by atoms with E-state index in [4.69, 9.17) is 0 Å². The van der Waals surface area contributed by atoms with Gasteiger partial charge in [0.25, 0.3) is 11.5 Å². The van der Waals surface area contributed by atoms with Gasteiger partial charge in [0.1, 0.15) is 5.69 Å². The first-order valence-corrected chi connectivity index (χ1v) is 8.84. The Labute approximate surface area is 162 Å². The fourth-order valence-corrected chi connectivity index (χ4v) is 3.11. The van der Waals surface area contributed by atoms with Crippen LogP contribution in [-0.2, 0) is 14.1 Å². The van der Waals surface area contributed by atoms with Gasteiger partial charge in [0.2, 0.25) is 0 Å². The minimum absolute atomic E-state index is 0.00676. The van der Waals surface area contributed by atoms with Crippen LogP contribution in [0.4, 0.5) is 0 Å². The topological polar surface area (TPSA) is 86.0 Å². The fraction of sp³-hybridized carbons (Fsp3) is 0.238. The average molecular weight is 378 g/mol. The van der Waals surface area contributed by atoms with E-state index in [-0.39, 0.29) is 5.69 Å². The number of pyridine rings is 1. The third-order valence-electron chi connectivity index (χ3n) is 4.80. The number of nitrogens with zero attached hydrogens (tertiary/aromatic N) is 3. The minimum atomic E-state index is -0.553. The summed E-state index contributed by atoms with van der Waals surface area (Å²) in [5.41, 5.74) is 2.73. The Balaban J connectivity index is 2.09. The maximum absolute atomic E-state index is 13.0. The first-order chi connectivity index (χ1) is 13.3. The van der Waals surface area contributed by atoms with Crippen molar-refractivity contribution in [2.75, 3.05) is 0 Å². The second kappa shape index (κ2) is 7.64. The average Bonchev–Trinajstić information content (AvgIpc) is 2.69. The molecule has 1 atom stereocenters. The number of benzene rings is 1. The van der Waals surface area contributed by atoms with Gasteiger partial charge < -0.3 is 5.32 Å². The van der Waals surface area contributed by atoms with Crippen molar-refractivity contribution in [3.63, 3.8) is 0 Å². The van der Waals surface area contributed by atoms with Gasteiger partial charge in [-0.1, -0.05) is 29.8 Å². The Kier molecular flexibility index (Phi) is 5.26. The smallest absolute Gasteiger partial charge is 0.331 e. The van der Waals surface area contributed by atoms with Crippen LogP contribution in [0.1, 0.15) is 38.8 Å². The molecule has 1 amide bonds. The van der Waals surface area contributed by atoms with Crippen LogP contribution < -0.4 is 16.6 Å². The summed E-state index contributed by atoms with van der Waals surface area (Å²) < 4.78 is 2.13. The molecule has 2 aromatic heterocycles. The molecule has 0 radical (unpaired) electrons. The highest BCUT2D eigenvalue weighted by Gasteiger charge is 2.22. The van der Waals surface area contributed by atoms with Crippen molar-refractivity contribution < 1.29 is 4.79 Å². The van der Waals surface area contributed by atoms with Crippen molar-refractivity contribution >= 4 is 5.91 Å². The molecule has 0 aliphatic carbocycles. The monoisotopic (exact) mass is 378 g/mol. The lowest BCUT2D eigenvalue weighted by Gasteiger charge is -2.22. The maximum Gasteiger partial charge on any atom is 0.331 e. The highest BCUT2D eigenvalue weighted by atomic mass is 16.2. The molecule has 0 fully saturated rings. The van der Waals surface area contributed by atoms with Crippen molar-refractivity contribution in [3.8, 4) is 0 Å². The number of aryl methyl sites for hydroxylation is 2. The van der Waals surface area contributed by atoms with E-state index < -0.39 is 23.2 Å². The van der Waals surface area contributed by atoms with Gasteiger partial charge in [-0.2, -0.15) is 0 Å². The molecule has 3 rings (SSSR count). The van der Waals surface area contributed by atoms with Crippen LogP contribution in [0, 0.1) is 13.8 Å². The van der Waals surface area contributed by atoms with Gasteiger partial charge in [0, 0.05) is 32.6 Å². The molecular formula is C21H22N4O3. The second-order valence-corrected chi connectivity index (χ2v) is 6.82. The van der Waals surface area contributed by atoms with Gasteiger partial charge in [0.05, 0.1) is 6.04 Å². The standard InChI is InChI=1S/C21H22N4O3/c1-13-7-8-14(2)16(10-13)19(15-6-5-9-22-12-15)23-20(27)17-11-18(26)25(4)21(28)24(17)3/h5-12,19H,1-4H3,(H,23,27). The molecule has 144 valence electrons. The van der Waals surface area contributed by atoms with E-state index in [9.17, 15) is 14.4 Å². The van der Waals surface area contributed by atoms with Crippen LogP contribution >= 0.6 is 0 Å². The predicted molar refractivity (Wildman–Crippen MR) is 106 cm³/mol. The van der Waals surface area contributed by atoms with Crippen LogP contribution in [0.25, 0.3) is 0 Å². The summed E-state index contributed by atoms with van der Waals surface area (Å²) in [6.07, 6.45) is 3.35. The molecule has 7 heteroatoms. The molecular weight excluding hydrogens is 356 g/mol. The van der Waals surface area contributed by atoms with Crippen LogP contribution in [-0.4, -0.2) is 20.0 Å². The number of hydrogen-bond donors (Lipinski definition) is 1. The number of hydrogen-bond acceptors (Lipinski definition) is 4. The summed E-state index contributed by atoms with van der Waals surface area (Å²) in [6.45, 7) is 3.95. The van der Waals surface area contributed by atoms with E-state index in [1.165, 1.54) is 24.7 Å². The summed E-state index contributed by atoms with van der Waals surface area (Å²) in [6, 6.07) is 10.4. The molecule has 28 heavy (non-hydrogen) atoms. The summed E-state index contributed by atoms with van der Waals surface area (Å²) in [4.78, 5) is 41.3. The summed E-state index contributed by atoms with van der Waals surface area (Å²) in [5.74, 6) is -0.507. The van der Waals surface area contributed by atoms with Gasteiger partial charge in [0.15, 0.2) is 0 Å². The molecule has 0 saturated carbocycles. The lowest BCUT2D eigenvalue weighted by molar-refractivity contribution is 0.0932. The number of amides is 1. The zero-order valence-corrected chi connectivity index (χ0v) is 16.3. The zero-order chi connectivity index (χ0) is 20.4. The van der Waals surface area contributed by atoms with Gasteiger partial charge >= 0.3 is 5.69 Å². The first kappa shape index (κ1) is 19.3. The van der Waals surface area contributed by atoms with E-state index in [1.54, 1.807) is 18.5 Å². The Morgan fingerprint density at radius 3 is 2.50 bits per heavy atom. The molecule has 1 unspecified atom stereocenters. The molecule has 2 heterocycles. The van der Waals surface area contributed by atoms with Crippen molar-refractivity contribution in [2.24, 2.45) is 14.1 Å². The summed E-state index contributed by atoms with van der Waals surface area (Å²) in [7, 11) is 2.84. The number of aromatic nitrogens is 3. The lowest BCUT2D eigenvalue weighted by Crippen LogP contribution is -2.42. The molecule has 0 saturated heterocycles. The molecule has 0 aliphatic rings. The van der Waals surface area contributed by atoms with E-state index in [2.05, 4.69) is 10.3 Å². The van der Waals surface area contributed by atoms with Crippen LogP contribution in [0.3, 0.4) is 0 Å². The molecule has 1 aromatic carbocycles. The molecule has 1 N–H and O–H groups in total. The van der Waals surface area contributed by atoms with Crippen molar-refractivity contribution in [3.05, 3.63) is 97.6 Å². The zero-order valence-electron chi connectivity index (χ0n) is 16.3. The van der Waals surface area contributed by atoms with Crippen molar-refractivity contribution in [1.82, 2.24) is 19.4 Å². The quantitative estimate of drug-likeness (QED) is 0.747. The number of nitrogens with one attached hydrogen (secondary N) is 1. The molecule has 3 aromatic rings. The highest BCUT2D eigenvalue weighted by Crippen LogP contribution is 2.25. The predicted octanol–water partition coefficient (Wildman–Crippen LogP) is 1.62.